The lowest BCUT2D eigenvalue weighted by Crippen LogP contribution is -2.25. The Labute approximate surface area is 146 Å². The number of hydrazone groups is 1. The fourth-order valence-electron chi connectivity index (χ4n) is 2.11. The molecule has 7 heteroatoms. The van der Waals surface area contributed by atoms with Crippen molar-refractivity contribution >= 4 is 17.8 Å². The van der Waals surface area contributed by atoms with Gasteiger partial charge in [0, 0.05) is 17.8 Å². The number of nitrogens with zero attached hydrogens (tertiary/aromatic N) is 1. The summed E-state index contributed by atoms with van der Waals surface area (Å²) in [4.78, 5) is 11.8. The van der Waals surface area contributed by atoms with E-state index in [1.54, 1.807) is 19.2 Å². The maximum atomic E-state index is 11.8. The minimum Gasteiger partial charge on any atom is -0.496 e. The van der Waals surface area contributed by atoms with Crippen LogP contribution >= 0.6 is 0 Å². The van der Waals surface area contributed by atoms with Crippen LogP contribution in [0.1, 0.15) is 5.56 Å². The number of nitrogens with one attached hydrogen (secondary N) is 2. The Morgan fingerprint density at radius 1 is 1.04 bits per heavy atom. The second-order valence-corrected chi connectivity index (χ2v) is 4.96. The SMILES string of the molecule is COc1cc(OC)c(/C=N/NC(=O)CNc2ccccc2)c(OC)c1. The van der Waals surface area contributed by atoms with E-state index in [0.29, 0.717) is 22.8 Å². The maximum Gasteiger partial charge on any atom is 0.259 e. The van der Waals surface area contributed by atoms with Gasteiger partial charge in [0.15, 0.2) is 0 Å². The monoisotopic (exact) mass is 343 g/mol. The molecule has 0 bridgehead atoms. The normalized spacial score (nSPS) is 10.4. The van der Waals surface area contributed by atoms with Gasteiger partial charge >= 0.3 is 0 Å². The first-order chi connectivity index (χ1) is 12.2. The molecule has 1 amide bonds. The number of hydrogen-bond acceptors (Lipinski definition) is 6. The molecule has 0 saturated heterocycles. The maximum absolute atomic E-state index is 11.8. The topological polar surface area (TPSA) is 81.2 Å². The Bertz CT molecular complexity index is 707. The van der Waals surface area contributed by atoms with E-state index in [4.69, 9.17) is 14.2 Å². The molecule has 0 heterocycles. The number of carbonyl (C=O) groups excluding carboxylic acids is 1. The van der Waals surface area contributed by atoms with Crippen molar-refractivity contribution in [2.45, 2.75) is 0 Å². The Morgan fingerprint density at radius 3 is 2.24 bits per heavy atom. The van der Waals surface area contributed by atoms with E-state index < -0.39 is 0 Å². The summed E-state index contributed by atoms with van der Waals surface area (Å²) in [6, 6.07) is 12.9. The predicted octanol–water partition coefficient (Wildman–Crippen LogP) is 2.27. The Balaban J connectivity index is 2.00. The van der Waals surface area contributed by atoms with Crippen molar-refractivity contribution in [3.05, 3.63) is 48.0 Å². The van der Waals surface area contributed by atoms with Crippen molar-refractivity contribution < 1.29 is 19.0 Å². The molecule has 2 rings (SSSR count). The number of carbonyl (C=O) groups is 1. The summed E-state index contributed by atoms with van der Waals surface area (Å²) >= 11 is 0. The summed E-state index contributed by atoms with van der Waals surface area (Å²) < 4.78 is 15.8. The fourth-order valence-corrected chi connectivity index (χ4v) is 2.11. The summed E-state index contributed by atoms with van der Waals surface area (Å²) in [6.45, 7) is 0.109. The summed E-state index contributed by atoms with van der Waals surface area (Å²) in [5, 5.41) is 6.96. The van der Waals surface area contributed by atoms with Crippen LogP contribution in [0.3, 0.4) is 0 Å². The lowest BCUT2D eigenvalue weighted by molar-refractivity contribution is -0.119. The molecule has 0 saturated carbocycles. The zero-order chi connectivity index (χ0) is 18.1. The molecule has 0 radical (unpaired) electrons. The number of hydrogen-bond donors (Lipinski definition) is 2. The van der Waals surface area contributed by atoms with Gasteiger partial charge < -0.3 is 19.5 Å². The van der Waals surface area contributed by atoms with E-state index in [2.05, 4.69) is 15.8 Å². The zero-order valence-electron chi connectivity index (χ0n) is 14.4. The van der Waals surface area contributed by atoms with Crippen LogP contribution in [0.15, 0.2) is 47.6 Å². The van der Waals surface area contributed by atoms with Crippen molar-refractivity contribution in [2.75, 3.05) is 33.2 Å². The van der Waals surface area contributed by atoms with Gasteiger partial charge in [0.2, 0.25) is 0 Å². The molecule has 2 aromatic carbocycles. The van der Waals surface area contributed by atoms with E-state index in [1.807, 2.05) is 30.3 Å². The highest BCUT2D eigenvalue weighted by atomic mass is 16.5. The molecule has 0 aliphatic heterocycles. The first-order valence-corrected chi connectivity index (χ1v) is 7.58. The van der Waals surface area contributed by atoms with Gasteiger partial charge in [0.1, 0.15) is 17.2 Å². The smallest absolute Gasteiger partial charge is 0.259 e. The van der Waals surface area contributed by atoms with Gasteiger partial charge in [-0.3, -0.25) is 4.79 Å². The summed E-state index contributed by atoms with van der Waals surface area (Å²) in [6.07, 6.45) is 1.47. The lowest BCUT2D eigenvalue weighted by Gasteiger charge is -2.12. The highest BCUT2D eigenvalue weighted by molar-refractivity contribution is 5.89. The first-order valence-electron chi connectivity index (χ1n) is 7.58. The number of rotatable bonds is 8. The van der Waals surface area contributed by atoms with Gasteiger partial charge in [-0.2, -0.15) is 5.10 Å². The van der Waals surface area contributed by atoms with E-state index in [1.165, 1.54) is 20.4 Å². The van der Waals surface area contributed by atoms with Crippen LogP contribution < -0.4 is 25.0 Å². The van der Waals surface area contributed by atoms with Crippen molar-refractivity contribution in [3.63, 3.8) is 0 Å². The molecule has 0 aromatic heterocycles. The molecule has 0 aliphatic rings. The zero-order valence-corrected chi connectivity index (χ0v) is 14.4. The number of para-hydroxylation sites is 1. The number of methoxy groups -OCH3 is 3. The molecule has 0 fully saturated rings. The molecular weight excluding hydrogens is 322 g/mol. The average Bonchev–Trinajstić information content (AvgIpc) is 2.66. The van der Waals surface area contributed by atoms with Crippen LogP contribution in [0.4, 0.5) is 5.69 Å². The molecule has 132 valence electrons. The second kappa shape index (κ2) is 9.17. The highest BCUT2D eigenvalue weighted by Gasteiger charge is 2.11. The molecule has 25 heavy (non-hydrogen) atoms. The van der Waals surface area contributed by atoms with Crippen molar-refractivity contribution in [3.8, 4) is 17.2 Å². The molecule has 2 N–H and O–H groups in total. The number of ether oxygens (including phenoxy) is 3. The Morgan fingerprint density at radius 2 is 1.68 bits per heavy atom. The molecule has 2 aromatic rings. The number of amides is 1. The lowest BCUT2D eigenvalue weighted by atomic mass is 10.2. The van der Waals surface area contributed by atoms with Crippen LogP contribution in [-0.4, -0.2) is 40.0 Å². The number of anilines is 1. The van der Waals surface area contributed by atoms with Gasteiger partial charge in [0.05, 0.1) is 39.7 Å². The molecule has 0 unspecified atom stereocenters. The summed E-state index contributed by atoms with van der Waals surface area (Å²) in [5.74, 6) is 1.38. The van der Waals surface area contributed by atoms with Crippen molar-refractivity contribution in [1.29, 1.82) is 0 Å². The van der Waals surface area contributed by atoms with Gasteiger partial charge in [-0.25, -0.2) is 5.43 Å². The largest absolute Gasteiger partial charge is 0.496 e. The number of benzene rings is 2. The van der Waals surface area contributed by atoms with E-state index in [9.17, 15) is 4.79 Å². The third kappa shape index (κ3) is 5.13. The minimum absolute atomic E-state index is 0.109. The van der Waals surface area contributed by atoms with Gasteiger partial charge in [-0.15, -0.1) is 0 Å². The standard InChI is InChI=1S/C18H21N3O4/c1-23-14-9-16(24-2)15(17(10-14)25-3)11-20-21-18(22)12-19-13-7-5-4-6-8-13/h4-11,19H,12H2,1-3H3,(H,21,22)/b20-11+. The molecule has 7 nitrogen and oxygen atoms in total. The van der Waals surface area contributed by atoms with E-state index in [0.717, 1.165) is 5.69 Å². The Hall–Kier alpha value is -3.22. The molecular formula is C18H21N3O4. The van der Waals surface area contributed by atoms with Gasteiger partial charge in [-0.05, 0) is 12.1 Å². The molecule has 0 spiro atoms. The second-order valence-electron chi connectivity index (χ2n) is 4.96. The summed E-state index contributed by atoms with van der Waals surface area (Å²) in [5.41, 5.74) is 3.92. The van der Waals surface area contributed by atoms with Crippen molar-refractivity contribution in [2.24, 2.45) is 5.10 Å². The molecule has 0 atom stereocenters. The summed E-state index contributed by atoms with van der Waals surface area (Å²) in [7, 11) is 4.63. The third-order valence-electron chi connectivity index (χ3n) is 3.36. The predicted molar refractivity (Wildman–Crippen MR) is 96.8 cm³/mol. The van der Waals surface area contributed by atoms with Crippen LogP contribution in [0, 0.1) is 0 Å². The highest BCUT2D eigenvalue weighted by Crippen LogP contribution is 2.32. The minimum atomic E-state index is -0.272. The average molecular weight is 343 g/mol. The van der Waals surface area contributed by atoms with Crippen LogP contribution in [0.2, 0.25) is 0 Å². The van der Waals surface area contributed by atoms with Crippen molar-refractivity contribution in [1.82, 2.24) is 5.43 Å². The van der Waals surface area contributed by atoms with Crippen LogP contribution in [0.5, 0.6) is 17.2 Å². The van der Waals surface area contributed by atoms with Gasteiger partial charge in [-0.1, -0.05) is 18.2 Å². The fraction of sp³-hybridized carbons (Fsp3) is 0.222. The first kappa shape index (κ1) is 18.1. The van der Waals surface area contributed by atoms with Gasteiger partial charge in [0.25, 0.3) is 5.91 Å². The molecule has 0 aliphatic carbocycles. The van der Waals surface area contributed by atoms with E-state index >= 15 is 0 Å². The third-order valence-corrected chi connectivity index (χ3v) is 3.36. The van der Waals surface area contributed by atoms with Crippen LogP contribution in [-0.2, 0) is 4.79 Å². The Kier molecular flexibility index (Phi) is 6.65. The van der Waals surface area contributed by atoms with E-state index in [-0.39, 0.29) is 12.5 Å². The van der Waals surface area contributed by atoms with Crippen LogP contribution in [0.25, 0.3) is 0 Å². The quantitative estimate of drug-likeness (QED) is 0.568.